The fraction of sp³-hybridized carbons (Fsp3) is 0.364. The Labute approximate surface area is 160 Å². The van der Waals surface area contributed by atoms with E-state index in [1.54, 1.807) is 4.90 Å². The van der Waals surface area contributed by atoms with Gasteiger partial charge >= 0.3 is 0 Å². The number of anilines is 1. The van der Waals surface area contributed by atoms with Gasteiger partial charge in [-0.2, -0.15) is 0 Å². The van der Waals surface area contributed by atoms with E-state index in [2.05, 4.69) is 48.6 Å². The predicted molar refractivity (Wildman–Crippen MR) is 109 cm³/mol. The summed E-state index contributed by atoms with van der Waals surface area (Å²) in [5.41, 5.74) is 3.26. The van der Waals surface area contributed by atoms with Gasteiger partial charge in [-0.15, -0.1) is 0 Å². The molecule has 1 aromatic heterocycles. The number of rotatable bonds is 6. The smallest absolute Gasteiger partial charge is 0.162 e. The topological polar surface area (TPSA) is 51.5 Å². The molecule has 0 unspecified atom stereocenters. The van der Waals surface area contributed by atoms with Gasteiger partial charge in [-0.3, -0.25) is 0 Å². The first-order valence-corrected chi connectivity index (χ1v) is 9.78. The SMILES string of the molecule is Cc1ccc(-c2nc(NCCC[NH+]3CCOCC3)c3ccccc3n2)cc1. The summed E-state index contributed by atoms with van der Waals surface area (Å²) in [6.45, 7) is 8.19. The van der Waals surface area contributed by atoms with Gasteiger partial charge in [0.05, 0.1) is 25.3 Å². The molecule has 1 aliphatic heterocycles. The molecule has 27 heavy (non-hydrogen) atoms. The average molecular weight is 363 g/mol. The van der Waals surface area contributed by atoms with Crippen molar-refractivity contribution in [3.63, 3.8) is 0 Å². The maximum absolute atomic E-state index is 5.43. The van der Waals surface area contributed by atoms with Crippen LogP contribution in [-0.4, -0.2) is 49.4 Å². The molecule has 0 bridgehead atoms. The molecule has 5 heteroatoms. The van der Waals surface area contributed by atoms with E-state index < -0.39 is 0 Å². The van der Waals surface area contributed by atoms with Crippen LogP contribution < -0.4 is 10.2 Å². The van der Waals surface area contributed by atoms with Crippen LogP contribution in [0.3, 0.4) is 0 Å². The minimum atomic E-state index is 0.773. The summed E-state index contributed by atoms with van der Waals surface area (Å²) in [6, 6.07) is 16.6. The molecular formula is C22H27N4O+. The number of morpholine rings is 1. The molecule has 2 aromatic carbocycles. The summed E-state index contributed by atoms with van der Waals surface area (Å²) in [6.07, 6.45) is 1.12. The van der Waals surface area contributed by atoms with Crippen LogP contribution in [0.25, 0.3) is 22.3 Å². The van der Waals surface area contributed by atoms with Crippen molar-refractivity contribution in [2.45, 2.75) is 13.3 Å². The van der Waals surface area contributed by atoms with Crippen LogP contribution in [0.1, 0.15) is 12.0 Å². The zero-order valence-electron chi connectivity index (χ0n) is 15.9. The highest BCUT2D eigenvalue weighted by Crippen LogP contribution is 2.25. The highest BCUT2D eigenvalue weighted by molar-refractivity contribution is 5.90. The van der Waals surface area contributed by atoms with E-state index in [4.69, 9.17) is 14.7 Å². The maximum atomic E-state index is 5.43. The molecule has 5 nitrogen and oxygen atoms in total. The number of nitrogens with one attached hydrogen (secondary N) is 2. The minimum Gasteiger partial charge on any atom is -0.370 e. The summed E-state index contributed by atoms with van der Waals surface area (Å²) in [4.78, 5) is 11.2. The lowest BCUT2D eigenvalue weighted by Gasteiger charge is -2.23. The fourth-order valence-corrected chi connectivity index (χ4v) is 3.50. The van der Waals surface area contributed by atoms with Crippen LogP contribution in [0.5, 0.6) is 0 Å². The molecule has 0 radical (unpaired) electrons. The van der Waals surface area contributed by atoms with Gasteiger partial charge in [-0.25, -0.2) is 9.97 Å². The molecule has 2 heterocycles. The van der Waals surface area contributed by atoms with Crippen molar-refractivity contribution in [3.8, 4) is 11.4 Å². The number of quaternary nitrogens is 1. The number of benzene rings is 2. The Hall–Kier alpha value is -2.50. The number of hydrogen-bond donors (Lipinski definition) is 2. The zero-order chi connectivity index (χ0) is 18.5. The molecule has 1 fully saturated rings. The van der Waals surface area contributed by atoms with Crippen LogP contribution >= 0.6 is 0 Å². The van der Waals surface area contributed by atoms with Crippen molar-refractivity contribution in [2.24, 2.45) is 0 Å². The van der Waals surface area contributed by atoms with E-state index in [1.807, 2.05) is 12.1 Å². The standard InChI is InChI=1S/C22H26N4O/c1-17-7-9-18(10-8-17)21-24-20-6-3-2-5-19(20)22(25-21)23-11-4-12-26-13-15-27-16-14-26/h2-3,5-10H,4,11-16H2,1H3,(H,23,24,25)/p+1. The van der Waals surface area contributed by atoms with Crippen LogP contribution in [0, 0.1) is 6.92 Å². The average Bonchev–Trinajstić information content (AvgIpc) is 2.72. The van der Waals surface area contributed by atoms with Gasteiger partial charge in [-0.05, 0) is 19.1 Å². The molecule has 140 valence electrons. The Kier molecular flexibility index (Phi) is 5.61. The highest BCUT2D eigenvalue weighted by atomic mass is 16.5. The van der Waals surface area contributed by atoms with Gasteiger partial charge in [0.2, 0.25) is 0 Å². The quantitative estimate of drug-likeness (QED) is 0.660. The van der Waals surface area contributed by atoms with Crippen LogP contribution in [-0.2, 0) is 4.74 Å². The van der Waals surface area contributed by atoms with Crippen molar-refractivity contribution in [1.82, 2.24) is 9.97 Å². The second kappa shape index (κ2) is 8.46. The van der Waals surface area contributed by atoms with Crippen molar-refractivity contribution in [3.05, 3.63) is 54.1 Å². The minimum absolute atomic E-state index is 0.773. The Balaban J connectivity index is 1.50. The third kappa shape index (κ3) is 4.43. The summed E-state index contributed by atoms with van der Waals surface area (Å²) >= 11 is 0. The van der Waals surface area contributed by atoms with E-state index >= 15 is 0 Å². The molecule has 1 saturated heterocycles. The van der Waals surface area contributed by atoms with Crippen LogP contribution in [0.4, 0.5) is 5.82 Å². The first kappa shape index (κ1) is 17.9. The molecular weight excluding hydrogens is 336 g/mol. The largest absolute Gasteiger partial charge is 0.370 e. The number of aryl methyl sites for hydroxylation is 1. The monoisotopic (exact) mass is 363 g/mol. The van der Waals surface area contributed by atoms with Gasteiger partial charge in [0.15, 0.2) is 5.82 Å². The molecule has 3 aromatic rings. The van der Waals surface area contributed by atoms with Gasteiger partial charge < -0.3 is 15.0 Å². The Morgan fingerprint density at radius 3 is 2.59 bits per heavy atom. The van der Waals surface area contributed by atoms with E-state index in [0.717, 1.165) is 67.4 Å². The van der Waals surface area contributed by atoms with E-state index in [-0.39, 0.29) is 0 Å². The second-order valence-electron chi connectivity index (χ2n) is 7.17. The first-order chi connectivity index (χ1) is 13.3. The van der Waals surface area contributed by atoms with E-state index in [0.29, 0.717) is 0 Å². The van der Waals surface area contributed by atoms with Gasteiger partial charge in [0.1, 0.15) is 18.9 Å². The number of ether oxygens (including phenoxy) is 1. The number of aromatic nitrogens is 2. The summed E-state index contributed by atoms with van der Waals surface area (Å²) in [5, 5.41) is 4.63. The fourth-order valence-electron chi connectivity index (χ4n) is 3.50. The van der Waals surface area contributed by atoms with Crippen LogP contribution in [0.15, 0.2) is 48.5 Å². The Morgan fingerprint density at radius 1 is 1.00 bits per heavy atom. The third-order valence-electron chi connectivity index (χ3n) is 5.11. The number of para-hydroxylation sites is 1. The third-order valence-corrected chi connectivity index (χ3v) is 5.11. The molecule has 0 atom stereocenters. The lowest BCUT2D eigenvalue weighted by Crippen LogP contribution is -3.14. The van der Waals surface area contributed by atoms with Crippen molar-refractivity contribution >= 4 is 16.7 Å². The maximum Gasteiger partial charge on any atom is 0.162 e. The number of fused-ring (bicyclic) bond motifs is 1. The van der Waals surface area contributed by atoms with Crippen molar-refractivity contribution in [1.29, 1.82) is 0 Å². The zero-order valence-corrected chi connectivity index (χ0v) is 15.9. The number of nitrogens with zero attached hydrogens (tertiary/aromatic N) is 2. The lowest BCUT2D eigenvalue weighted by molar-refractivity contribution is -0.908. The molecule has 0 aliphatic carbocycles. The molecule has 0 saturated carbocycles. The second-order valence-corrected chi connectivity index (χ2v) is 7.17. The van der Waals surface area contributed by atoms with Crippen molar-refractivity contribution < 1.29 is 9.64 Å². The first-order valence-electron chi connectivity index (χ1n) is 9.78. The summed E-state index contributed by atoms with van der Waals surface area (Å²) in [7, 11) is 0. The van der Waals surface area contributed by atoms with E-state index in [1.165, 1.54) is 12.1 Å². The van der Waals surface area contributed by atoms with Gasteiger partial charge in [0, 0.05) is 23.9 Å². The van der Waals surface area contributed by atoms with Crippen LogP contribution in [0.2, 0.25) is 0 Å². The molecule has 2 N–H and O–H groups in total. The molecule has 4 rings (SSSR count). The normalized spacial score (nSPS) is 15.1. The number of hydrogen-bond acceptors (Lipinski definition) is 4. The van der Waals surface area contributed by atoms with Gasteiger partial charge in [0.25, 0.3) is 0 Å². The Bertz CT molecular complexity index is 888. The lowest BCUT2D eigenvalue weighted by atomic mass is 10.1. The van der Waals surface area contributed by atoms with Crippen molar-refractivity contribution in [2.75, 3.05) is 44.7 Å². The molecule has 0 spiro atoms. The summed E-state index contributed by atoms with van der Waals surface area (Å²) < 4.78 is 5.43. The predicted octanol–water partition coefficient (Wildman–Crippen LogP) is 2.32. The van der Waals surface area contributed by atoms with E-state index in [9.17, 15) is 0 Å². The molecule has 1 aliphatic rings. The Morgan fingerprint density at radius 2 is 1.78 bits per heavy atom. The summed E-state index contributed by atoms with van der Waals surface area (Å²) in [5.74, 6) is 1.70. The molecule has 0 amide bonds. The highest BCUT2D eigenvalue weighted by Gasteiger charge is 2.13. The van der Waals surface area contributed by atoms with Gasteiger partial charge in [-0.1, -0.05) is 42.0 Å².